The third-order valence-electron chi connectivity index (χ3n) is 3.43. The topological polar surface area (TPSA) is 58.2 Å². The molecule has 17 heavy (non-hydrogen) atoms. The normalized spacial score (nSPS) is 20.7. The molecule has 1 aliphatic carbocycles. The predicted octanol–water partition coefficient (Wildman–Crippen LogP) is 1.48. The van der Waals surface area contributed by atoms with Crippen molar-refractivity contribution in [1.82, 2.24) is 10.0 Å². The van der Waals surface area contributed by atoms with Gasteiger partial charge >= 0.3 is 0 Å². The molecule has 1 fully saturated rings. The number of hydrogen-bond acceptors (Lipinski definition) is 3. The minimum absolute atomic E-state index is 0.430. The Morgan fingerprint density at radius 3 is 2.29 bits per heavy atom. The van der Waals surface area contributed by atoms with Crippen LogP contribution < -0.4 is 10.0 Å². The highest BCUT2D eigenvalue weighted by molar-refractivity contribution is 7.88. The Balaban J connectivity index is 2.38. The summed E-state index contributed by atoms with van der Waals surface area (Å²) >= 11 is 0. The maximum absolute atomic E-state index is 11.2. The third-order valence-corrected chi connectivity index (χ3v) is 4.36. The molecule has 0 spiro atoms. The summed E-state index contributed by atoms with van der Waals surface area (Å²) < 4.78 is 25.1. The fraction of sp³-hybridized carbons (Fsp3) is 1.00. The highest BCUT2D eigenvalue weighted by Gasteiger charge is 2.25. The molecular weight excluding hydrogens is 236 g/mol. The molecule has 0 aromatic heterocycles. The van der Waals surface area contributed by atoms with E-state index in [2.05, 4.69) is 17.0 Å². The quantitative estimate of drug-likeness (QED) is 0.762. The number of sulfonamides is 1. The van der Waals surface area contributed by atoms with Crippen molar-refractivity contribution in [1.29, 1.82) is 0 Å². The minimum atomic E-state index is -3.14. The van der Waals surface area contributed by atoms with E-state index in [4.69, 9.17) is 0 Å². The van der Waals surface area contributed by atoms with Crippen molar-refractivity contribution in [2.75, 3.05) is 12.8 Å². The average molecular weight is 262 g/mol. The number of rotatable bonds is 6. The van der Waals surface area contributed by atoms with Crippen LogP contribution in [0.25, 0.3) is 0 Å². The molecule has 0 amide bonds. The molecule has 2 N–H and O–H groups in total. The lowest BCUT2D eigenvalue weighted by molar-refractivity contribution is 0.334. The van der Waals surface area contributed by atoms with E-state index in [1.54, 1.807) is 0 Å². The Labute approximate surface area is 106 Å². The lowest BCUT2D eigenvalue weighted by Crippen LogP contribution is -2.52. The van der Waals surface area contributed by atoms with Gasteiger partial charge in [0.15, 0.2) is 0 Å². The average Bonchev–Trinajstić information content (AvgIpc) is 2.63. The Hall–Kier alpha value is -0.130. The first-order valence-corrected chi connectivity index (χ1v) is 8.31. The van der Waals surface area contributed by atoms with Crippen LogP contribution in [0.5, 0.6) is 0 Å². The van der Waals surface area contributed by atoms with Gasteiger partial charge in [-0.3, -0.25) is 0 Å². The summed E-state index contributed by atoms with van der Waals surface area (Å²) in [6, 6.07) is 0.470. The summed E-state index contributed by atoms with van der Waals surface area (Å²) in [7, 11) is -3.14. The monoisotopic (exact) mass is 262 g/mol. The van der Waals surface area contributed by atoms with E-state index in [9.17, 15) is 8.42 Å². The van der Waals surface area contributed by atoms with E-state index in [-0.39, 0.29) is 0 Å². The van der Waals surface area contributed by atoms with Gasteiger partial charge in [-0.1, -0.05) is 12.8 Å². The van der Waals surface area contributed by atoms with Gasteiger partial charge < -0.3 is 5.32 Å². The highest BCUT2D eigenvalue weighted by Crippen LogP contribution is 2.27. The van der Waals surface area contributed by atoms with Gasteiger partial charge in [-0.25, -0.2) is 13.1 Å². The molecule has 1 saturated carbocycles. The van der Waals surface area contributed by atoms with Gasteiger partial charge in [-0.2, -0.15) is 0 Å². The molecule has 0 heterocycles. The van der Waals surface area contributed by atoms with E-state index in [0.29, 0.717) is 12.6 Å². The van der Waals surface area contributed by atoms with E-state index in [1.807, 2.05) is 13.8 Å². The van der Waals surface area contributed by atoms with Crippen molar-refractivity contribution >= 4 is 10.0 Å². The number of hydrogen-bond donors (Lipinski definition) is 2. The van der Waals surface area contributed by atoms with E-state index in [1.165, 1.54) is 31.9 Å². The second-order valence-corrected chi connectivity index (χ2v) is 7.72. The fourth-order valence-electron chi connectivity index (χ4n) is 2.58. The molecule has 0 aromatic carbocycles. The van der Waals surface area contributed by atoms with Gasteiger partial charge in [0.25, 0.3) is 0 Å². The molecule has 1 atom stereocenters. The zero-order chi connectivity index (χ0) is 13.1. The van der Waals surface area contributed by atoms with Crippen LogP contribution in [0.15, 0.2) is 0 Å². The summed E-state index contributed by atoms with van der Waals surface area (Å²) in [6.07, 6.45) is 6.47. The van der Waals surface area contributed by atoms with Gasteiger partial charge in [0.2, 0.25) is 10.0 Å². The van der Waals surface area contributed by atoms with Crippen molar-refractivity contribution < 1.29 is 8.42 Å². The zero-order valence-corrected chi connectivity index (χ0v) is 12.2. The van der Waals surface area contributed by atoms with Gasteiger partial charge in [-0.05, 0) is 39.5 Å². The summed E-state index contributed by atoms with van der Waals surface area (Å²) in [4.78, 5) is 0. The Morgan fingerprint density at radius 2 is 1.82 bits per heavy atom. The van der Waals surface area contributed by atoms with Crippen LogP contribution in [0.2, 0.25) is 0 Å². The molecular formula is C12H26N2O2S. The maximum Gasteiger partial charge on any atom is 0.209 e. The van der Waals surface area contributed by atoms with Crippen molar-refractivity contribution in [2.45, 2.75) is 58.0 Å². The molecule has 0 saturated heterocycles. The lowest BCUT2D eigenvalue weighted by Gasteiger charge is -2.29. The van der Waals surface area contributed by atoms with Gasteiger partial charge in [0.05, 0.1) is 6.26 Å². The zero-order valence-electron chi connectivity index (χ0n) is 11.4. The Kier molecular flexibility index (Phi) is 4.98. The molecule has 102 valence electrons. The molecule has 0 aromatic rings. The first-order chi connectivity index (χ1) is 7.70. The second kappa shape index (κ2) is 5.67. The molecule has 0 radical (unpaired) electrons. The summed E-state index contributed by atoms with van der Waals surface area (Å²) in [6.45, 7) is 6.68. The molecule has 4 nitrogen and oxygen atoms in total. The minimum Gasteiger partial charge on any atom is -0.312 e. The van der Waals surface area contributed by atoms with E-state index >= 15 is 0 Å². The van der Waals surface area contributed by atoms with Crippen molar-refractivity contribution in [3.8, 4) is 0 Å². The largest absolute Gasteiger partial charge is 0.312 e. The summed E-state index contributed by atoms with van der Waals surface area (Å²) in [5, 5.41) is 3.46. The van der Waals surface area contributed by atoms with Crippen LogP contribution in [0, 0.1) is 5.92 Å². The summed E-state index contributed by atoms with van der Waals surface area (Å²) in [5.41, 5.74) is -0.430. The van der Waals surface area contributed by atoms with Crippen LogP contribution in [0.4, 0.5) is 0 Å². The lowest BCUT2D eigenvalue weighted by atomic mass is 9.98. The van der Waals surface area contributed by atoms with Crippen LogP contribution in [-0.2, 0) is 10.0 Å². The Morgan fingerprint density at radius 1 is 1.29 bits per heavy atom. The SMILES string of the molecule is CC(NCC(C)(C)NS(C)(=O)=O)C1CCCC1. The van der Waals surface area contributed by atoms with E-state index in [0.717, 1.165) is 5.92 Å². The van der Waals surface area contributed by atoms with Crippen LogP contribution in [0.1, 0.15) is 46.5 Å². The molecule has 1 unspecified atom stereocenters. The smallest absolute Gasteiger partial charge is 0.209 e. The van der Waals surface area contributed by atoms with Gasteiger partial charge in [0.1, 0.15) is 0 Å². The Bertz CT molecular complexity index is 332. The van der Waals surface area contributed by atoms with Crippen LogP contribution >= 0.6 is 0 Å². The third kappa shape index (κ3) is 5.84. The highest BCUT2D eigenvalue weighted by atomic mass is 32.2. The van der Waals surface area contributed by atoms with Crippen molar-refractivity contribution in [3.05, 3.63) is 0 Å². The second-order valence-electron chi connectivity index (χ2n) is 5.97. The van der Waals surface area contributed by atoms with Crippen molar-refractivity contribution in [2.24, 2.45) is 5.92 Å². The fourth-order valence-corrected chi connectivity index (χ4v) is 3.65. The first-order valence-electron chi connectivity index (χ1n) is 6.42. The van der Waals surface area contributed by atoms with Gasteiger partial charge in [0, 0.05) is 18.1 Å². The first kappa shape index (κ1) is 14.9. The van der Waals surface area contributed by atoms with E-state index < -0.39 is 15.6 Å². The summed E-state index contributed by atoms with van der Waals surface area (Å²) in [5.74, 6) is 0.754. The van der Waals surface area contributed by atoms with Gasteiger partial charge in [-0.15, -0.1) is 0 Å². The number of nitrogens with one attached hydrogen (secondary N) is 2. The molecule has 1 rings (SSSR count). The van der Waals surface area contributed by atoms with Crippen LogP contribution in [-0.4, -0.2) is 32.8 Å². The van der Waals surface area contributed by atoms with Crippen LogP contribution in [0.3, 0.4) is 0 Å². The van der Waals surface area contributed by atoms with Crippen molar-refractivity contribution in [3.63, 3.8) is 0 Å². The molecule has 1 aliphatic rings. The predicted molar refractivity (Wildman–Crippen MR) is 71.5 cm³/mol. The molecule has 0 bridgehead atoms. The standard InChI is InChI=1S/C12H26N2O2S/c1-10(11-7-5-6-8-11)13-9-12(2,3)14-17(4,15)16/h10-11,13-14H,5-9H2,1-4H3. The molecule has 0 aliphatic heterocycles. The molecule has 5 heteroatoms. The maximum atomic E-state index is 11.2.